The highest BCUT2D eigenvalue weighted by molar-refractivity contribution is 5.79. The van der Waals surface area contributed by atoms with E-state index in [1.807, 2.05) is 42.8 Å². The van der Waals surface area contributed by atoms with Crippen LogP contribution in [-0.2, 0) is 24.9 Å². The van der Waals surface area contributed by atoms with E-state index in [0.717, 1.165) is 68.3 Å². The highest BCUT2D eigenvalue weighted by Gasteiger charge is 2.10. The Bertz CT molecular complexity index is 783. The summed E-state index contributed by atoms with van der Waals surface area (Å²) in [6, 6.07) is 7.96. The Balaban J connectivity index is 1.58. The molecule has 158 valence electrons. The first-order valence-electron chi connectivity index (χ1n) is 9.96. The Hall–Kier alpha value is -2.65. The van der Waals surface area contributed by atoms with E-state index in [2.05, 4.69) is 25.7 Å². The quantitative estimate of drug-likeness (QED) is 0.497. The molecule has 0 radical (unpaired) electrons. The molecule has 0 spiro atoms. The Labute approximate surface area is 172 Å². The molecule has 2 heterocycles. The van der Waals surface area contributed by atoms with E-state index in [1.165, 1.54) is 0 Å². The van der Waals surface area contributed by atoms with E-state index in [4.69, 9.17) is 14.5 Å². The van der Waals surface area contributed by atoms with Crippen LogP contribution in [0.4, 0.5) is 0 Å². The first-order chi connectivity index (χ1) is 14.2. The van der Waals surface area contributed by atoms with E-state index in [0.29, 0.717) is 13.1 Å². The standard InChI is InChI=1S/C20H31N7O2/c1-16-24-25-19(26(16)2)15-23-20(21-8-9-27-10-12-29-13-11-27)22-14-17-4-6-18(28-3)7-5-17/h4-7H,8-15H2,1-3H3,(H2,21,22,23). The van der Waals surface area contributed by atoms with Gasteiger partial charge in [-0.3, -0.25) is 4.90 Å². The zero-order valence-electron chi connectivity index (χ0n) is 17.5. The summed E-state index contributed by atoms with van der Waals surface area (Å²) in [7, 11) is 3.63. The van der Waals surface area contributed by atoms with Gasteiger partial charge in [-0.2, -0.15) is 0 Å². The minimum absolute atomic E-state index is 0.559. The van der Waals surface area contributed by atoms with Crippen LogP contribution in [0.15, 0.2) is 29.3 Å². The Morgan fingerprint density at radius 2 is 1.93 bits per heavy atom. The molecule has 9 nitrogen and oxygen atoms in total. The largest absolute Gasteiger partial charge is 0.497 e. The number of aryl methyl sites for hydroxylation is 1. The molecule has 29 heavy (non-hydrogen) atoms. The first-order valence-corrected chi connectivity index (χ1v) is 9.96. The van der Waals surface area contributed by atoms with Gasteiger partial charge in [0.05, 0.1) is 33.4 Å². The van der Waals surface area contributed by atoms with Crippen molar-refractivity contribution in [3.63, 3.8) is 0 Å². The fourth-order valence-corrected chi connectivity index (χ4v) is 3.00. The monoisotopic (exact) mass is 401 g/mol. The number of ether oxygens (including phenoxy) is 2. The third-order valence-electron chi connectivity index (χ3n) is 5.00. The SMILES string of the molecule is COc1ccc(CN=C(NCCN2CCOCC2)NCc2nnc(C)n2C)cc1. The second-order valence-electron chi connectivity index (χ2n) is 6.97. The smallest absolute Gasteiger partial charge is 0.192 e. The van der Waals surface area contributed by atoms with Crippen LogP contribution >= 0.6 is 0 Å². The average molecular weight is 402 g/mol. The summed E-state index contributed by atoms with van der Waals surface area (Å²) in [5.41, 5.74) is 1.12. The topological polar surface area (TPSA) is 88.8 Å². The van der Waals surface area contributed by atoms with E-state index in [1.54, 1.807) is 7.11 Å². The minimum atomic E-state index is 0.559. The molecule has 0 atom stereocenters. The summed E-state index contributed by atoms with van der Waals surface area (Å²) >= 11 is 0. The van der Waals surface area contributed by atoms with Gasteiger partial charge in [0.2, 0.25) is 0 Å². The lowest BCUT2D eigenvalue weighted by Gasteiger charge is -2.26. The number of aliphatic imine (C=N–C) groups is 1. The molecule has 1 aromatic heterocycles. The summed E-state index contributed by atoms with van der Waals surface area (Å²) in [4.78, 5) is 7.13. The highest BCUT2D eigenvalue weighted by atomic mass is 16.5. The van der Waals surface area contributed by atoms with Gasteiger partial charge in [-0.15, -0.1) is 10.2 Å². The number of methoxy groups -OCH3 is 1. The van der Waals surface area contributed by atoms with E-state index in [9.17, 15) is 0 Å². The molecule has 0 unspecified atom stereocenters. The van der Waals surface area contributed by atoms with Gasteiger partial charge in [0.25, 0.3) is 0 Å². The summed E-state index contributed by atoms with van der Waals surface area (Å²) in [6.45, 7) is 8.41. The van der Waals surface area contributed by atoms with Crippen LogP contribution < -0.4 is 15.4 Å². The highest BCUT2D eigenvalue weighted by Crippen LogP contribution is 2.11. The van der Waals surface area contributed by atoms with Gasteiger partial charge in [0, 0.05) is 33.2 Å². The van der Waals surface area contributed by atoms with Crippen LogP contribution in [0.1, 0.15) is 17.2 Å². The third-order valence-corrected chi connectivity index (χ3v) is 5.00. The van der Waals surface area contributed by atoms with Crippen LogP contribution in [0.2, 0.25) is 0 Å². The molecular formula is C20H31N7O2. The van der Waals surface area contributed by atoms with Crippen LogP contribution in [0, 0.1) is 6.92 Å². The molecule has 0 amide bonds. The van der Waals surface area contributed by atoms with Crippen molar-refractivity contribution in [2.24, 2.45) is 12.0 Å². The van der Waals surface area contributed by atoms with Crippen LogP contribution in [0.5, 0.6) is 5.75 Å². The number of guanidine groups is 1. The van der Waals surface area contributed by atoms with Crippen molar-refractivity contribution in [2.75, 3.05) is 46.5 Å². The molecule has 1 aromatic carbocycles. The Morgan fingerprint density at radius 3 is 2.59 bits per heavy atom. The first kappa shape index (κ1) is 21.1. The molecule has 2 N–H and O–H groups in total. The second kappa shape index (κ2) is 10.8. The zero-order chi connectivity index (χ0) is 20.5. The van der Waals surface area contributed by atoms with Crippen molar-refractivity contribution in [1.82, 2.24) is 30.3 Å². The van der Waals surface area contributed by atoms with Gasteiger partial charge in [-0.05, 0) is 24.6 Å². The summed E-state index contributed by atoms with van der Waals surface area (Å²) in [6.07, 6.45) is 0. The number of rotatable bonds is 8. The number of aromatic nitrogens is 3. The second-order valence-corrected chi connectivity index (χ2v) is 6.97. The maximum absolute atomic E-state index is 5.41. The predicted molar refractivity (Wildman–Crippen MR) is 112 cm³/mol. The summed E-state index contributed by atoms with van der Waals surface area (Å²) in [5, 5.41) is 15.1. The van der Waals surface area contributed by atoms with Gasteiger partial charge >= 0.3 is 0 Å². The maximum Gasteiger partial charge on any atom is 0.192 e. The van der Waals surface area contributed by atoms with Gasteiger partial charge in [-0.25, -0.2) is 4.99 Å². The van der Waals surface area contributed by atoms with Crippen molar-refractivity contribution in [3.8, 4) is 5.75 Å². The number of benzene rings is 1. The van der Waals surface area contributed by atoms with Crippen LogP contribution in [-0.4, -0.2) is 72.1 Å². The normalized spacial score (nSPS) is 15.3. The van der Waals surface area contributed by atoms with Crippen LogP contribution in [0.3, 0.4) is 0 Å². The molecule has 2 aromatic rings. The Kier molecular flexibility index (Phi) is 7.83. The summed E-state index contributed by atoms with van der Waals surface area (Å²) < 4.78 is 12.6. The van der Waals surface area contributed by atoms with E-state index < -0.39 is 0 Å². The number of hydrogen-bond acceptors (Lipinski definition) is 6. The van der Waals surface area contributed by atoms with E-state index >= 15 is 0 Å². The molecule has 1 aliphatic rings. The maximum atomic E-state index is 5.41. The molecule has 9 heteroatoms. The van der Waals surface area contributed by atoms with Gasteiger partial charge in [-0.1, -0.05) is 12.1 Å². The molecule has 1 aliphatic heterocycles. The molecule has 1 saturated heterocycles. The predicted octanol–water partition coefficient (Wildman–Crippen LogP) is 0.700. The molecule has 1 fully saturated rings. The fraction of sp³-hybridized carbons (Fsp3) is 0.550. The minimum Gasteiger partial charge on any atom is -0.497 e. The lowest BCUT2D eigenvalue weighted by Crippen LogP contribution is -2.44. The van der Waals surface area contributed by atoms with Crippen molar-refractivity contribution >= 4 is 5.96 Å². The third kappa shape index (κ3) is 6.43. The fourth-order valence-electron chi connectivity index (χ4n) is 3.00. The Morgan fingerprint density at radius 1 is 1.17 bits per heavy atom. The molecule has 0 saturated carbocycles. The zero-order valence-corrected chi connectivity index (χ0v) is 17.5. The number of hydrogen-bond donors (Lipinski definition) is 2. The van der Waals surface area contributed by atoms with Crippen molar-refractivity contribution < 1.29 is 9.47 Å². The lowest BCUT2D eigenvalue weighted by atomic mass is 10.2. The van der Waals surface area contributed by atoms with Crippen molar-refractivity contribution in [1.29, 1.82) is 0 Å². The molecule has 0 bridgehead atoms. The van der Waals surface area contributed by atoms with Crippen molar-refractivity contribution in [2.45, 2.75) is 20.0 Å². The number of nitrogens with one attached hydrogen (secondary N) is 2. The summed E-state index contributed by atoms with van der Waals surface area (Å²) in [5.74, 6) is 3.36. The van der Waals surface area contributed by atoms with Gasteiger partial charge < -0.3 is 24.7 Å². The van der Waals surface area contributed by atoms with Crippen molar-refractivity contribution in [3.05, 3.63) is 41.5 Å². The molecule has 0 aliphatic carbocycles. The molecule has 3 rings (SSSR count). The van der Waals surface area contributed by atoms with E-state index in [-0.39, 0.29) is 0 Å². The number of nitrogens with zero attached hydrogens (tertiary/aromatic N) is 5. The average Bonchev–Trinajstić information content (AvgIpc) is 3.08. The van der Waals surface area contributed by atoms with Gasteiger partial charge in [0.1, 0.15) is 11.6 Å². The lowest BCUT2D eigenvalue weighted by molar-refractivity contribution is 0.0389. The van der Waals surface area contributed by atoms with Crippen LogP contribution in [0.25, 0.3) is 0 Å². The van der Waals surface area contributed by atoms with Gasteiger partial charge in [0.15, 0.2) is 11.8 Å². The number of morpholine rings is 1. The molecular weight excluding hydrogens is 370 g/mol.